The van der Waals surface area contributed by atoms with E-state index in [1.807, 2.05) is 0 Å². The lowest BCUT2D eigenvalue weighted by molar-refractivity contribution is -0.117. The third-order valence-corrected chi connectivity index (χ3v) is 1.84. The highest BCUT2D eigenvalue weighted by molar-refractivity contribution is 5.95. The van der Waals surface area contributed by atoms with E-state index in [0.29, 0.717) is 0 Å². The highest BCUT2D eigenvalue weighted by atomic mass is 16.1. The third kappa shape index (κ3) is 1.29. The van der Waals surface area contributed by atoms with E-state index in [0.717, 1.165) is 25.7 Å². The van der Waals surface area contributed by atoms with E-state index in [2.05, 4.69) is 0 Å². The summed E-state index contributed by atoms with van der Waals surface area (Å²) in [7, 11) is 0. The van der Waals surface area contributed by atoms with Gasteiger partial charge in [0.15, 0.2) is 0 Å². The Morgan fingerprint density at radius 1 is 1.44 bits per heavy atom. The first-order chi connectivity index (χ1) is 4.34. The second-order valence-corrected chi connectivity index (χ2v) is 2.46. The first-order valence-corrected chi connectivity index (χ1v) is 3.28. The van der Waals surface area contributed by atoms with Crippen molar-refractivity contribution in [1.29, 1.82) is 5.26 Å². The Morgan fingerprint density at radius 2 is 2.00 bits per heavy atom. The van der Waals surface area contributed by atoms with Gasteiger partial charge in [-0.25, -0.2) is 0 Å². The summed E-state index contributed by atoms with van der Waals surface area (Å²) in [6.45, 7) is 0. The molecule has 0 aromatic rings. The molecule has 9 heavy (non-hydrogen) atoms. The first kappa shape index (κ1) is 6.28. The number of carbonyl (C=O) groups excluding carboxylic acids is 1. The zero-order valence-corrected chi connectivity index (χ0v) is 5.26. The van der Waals surface area contributed by atoms with Crippen LogP contribution in [0.25, 0.3) is 0 Å². The summed E-state index contributed by atoms with van der Waals surface area (Å²) in [6, 6.07) is 1.67. The van der Waals surface area contributed by atoms with Crippen LogP contribution in [0, 0.1) is 17.2 Å². The fraction of sp³-hybridized carbons (Fsp3) is 0.714. The standard InChI is InChI=1S/C7H9NO/c8-5-7(9)6-3-1-2-4-6/h6H,1-4H2. The van der Waals surface area contributed by atoms with Crippen LogP contribution in [0.5, 0.6) is 0 Å². The average Bonchev–Trinajstić information content (AvgIpc) is 2.37. The van der Waals surface area contributed by atoms with E-state index >= 15 is 0 Å². The van der Waals surface area contributed by atoms with E-state index in [4.69, 9.17) is 5.26 Å². The molecule has 48 valence electrons. The highest BCUT2D eigenvalue weighted by Gasteiger charge is 2.21. The summed E-state index contributed by atoms with van der Waals surface area (Å²) in [4.78, 5) is 10.7. The van der Waals surface area contributed by atoms with Crippen LogP contribution < -0.4 is 0 Å². The fourth-order valence-corrected chi connectivity index (χ4v) is 1.28. The largest absolute Gasteiger partial charge is 0.282 e. The minimum Gasteiger partial charge on any atom is -0.282 e. The van der Waals surface area contributed by atoms with Crippen molar-refractivity contribution in [3.63, 3.8) is 0 Å². The Labute approximate surface area is 54.5 Å². The van der Waals surface area contributed by atoms with Crippen molar-refractivity contribution in [1.82, 2.24) is 0 Å². The summed E-state index contributed by atoms with van der Waals surface area (Å²) in [5.41, 5.74) is 0. The van der Waals surface area contributed by atoms with Gasteiger partial charge in [-0.15, -0.1) is 0 Å². The van der Waals surface area contributed by atoms with Gasteiger partial charge in [0.1, 0.15) is 6.07 Å². The Balaban J connectivity index is 2.44. The maximum Gasteiger partial charge on any atom is 0.234 e. The molecule has 0 saturated heterocycles. The Hall–Kier alpha value is -0.840. The van der Waals surface area contributed by atoms with Gasteiger partial charge in [-0.3, -0.25) is 4.79 Å². The number of Topliss-reactive ketones (excluding diaryl/α,β-unsaturated/α-hetero) is 1. The molecule has 2 nitrogen and oxygen atoms in total. The number of carbonyl (C=O) groups is 1. The van der Waals surface area contributed by atoms with Crippen molar-refractivity contribution >= 4 is 5.78 Å². The molecule has 0 atom stereocenters. The van der Waals surface area contributed by atoms with E-state index in [1.165, 1.54) is 0 Å². The summed E-state index contributed by atoms with van der Waals surface area (Å²) in [6.07, 6.45) is 4.12. The number of nitrogens with zero attached hydrogens (tertiary/aromatic N) is 1. The third-order valence-electron chi connectivity index (χ3n) is 1.84. The Morgan fingerprint density at radius 3 is 2.44 bits per heavy atom. The molecular formula is C7H9NO. The lowest BCUT2D eigenvalue weighted by Crippen LogP contribution is -2.06. The molecule has 0 unspecified atom stereocenters. The van der Waals surface area contributed by atoms with E-state index in [1.54, 1.807) is 6.07 Å². The van der Waals surface area contributed by atoms with Gasteiger partial charge >= 0.3 is 0 Å². The molecule has 0 radical (unpaired) electrons. The van der Waals surface area contributed by atoms with Crippen LogP contribution in [0.15, 0.2) is 0 Å². The number of rotatable bonds is 1. The van der Waals surface area contributed by atoms with Gasteiger partial charge in [-0.1, -0.05) is 12.8 Å². The molecule has 0 aromatic heterocycles. The minimum absolute atomic E-state index is 0.0787. The zero-order valence-electron chi connectivity index (χ0n) is 5.26. The van der Waals surface area contributed by atoms with E-state index in [-0.39, 0.29) is 11.7 Å². The second kappa shape index (κ2) is 2.63. The predicted octanol–water partition coefficient (Wildman–Crippen LogP) is 1.27. The normalized spacial score (nSPS) is 19.4. The van der Waals surface area contributed by atoms with Crippen molar-refractivity contribution < 1.29 is 4.79 Å². The van der Waals surface area contributed by atoms with Gasteiger partial charge in [0.25, 0.3) is 0 Å². The quantitative estimate of drug-likeness (QED) is 0.492. The minimum atomic E-state index is -0.215. The van der Waals surface area contributed by atoms with Crippen molar-refractivity contribution in [2.24, 2.45) is 5.92 Å². The lowest BCUT2D eigenvalue weighted by atomic mass is 10.0. The van der Waals surface area contributed by atoms with Gasteiger partial charge in [0.2, 0.25) is 5.78 Å². The number of nitriles is 1. The van der Waals surface area contributed by atoms with Gasteiger partial charge in [-0.2, -0.15) is 5.26 Å². The summed E-state index contributed by atoms with van der Waals surface area (Å²) in [5.74, 6) is -0.137. The molecule has 0 amide bonds. The molecule has 0 aliphatic heterocycles. The van der Waals surface area contributed by atoms with Crippen LogP contribution in [0.2, 0.25) is 0 Å². The van der Waals surface area contributed by atoms with Gasteiger partial charge in [0.05, 0.1) is 0 Å². The molecule has 0 spiro atoms. The van der Waals surface area contributed by atoms with Crippen LogP contribution >= 0.6 is 0 Å². The molecule has 0 N–H and O–H groups in total. The predicted molar refractivity (Wildman–Crippen MR) is 32.6 cm³/mol. The van der Waals surface area contributed by atoms with Crippen LogP contribution in [0.3, 0.4) is 0 Å². The first-order valence-electron chi connectivity index (χ1n) is 3.28. The van der Waals surface area contributed by atoms with Gasteiger partial charge < -0.3 is 0 Å². The summed E-state index contributed by atoms with van der Waals surface area (Å²) < 4.78 is 0. The van der Waals surface area contributed by atoms with Crippen molar-refractivity contribution in [2.75, 3.05) is 0 Å². The SMILES string of the molecule is N#CC(=O)C1CCCC1. The molecule has 1 rings (SSSR count). The lowest BCUT2D eigenvalue weighted by Gasteiger charge is -1.96. The summed E-state index contributed by atoms with van der Waals surface area (Å²) >= 11 is 0. The number of hydrogen-bond donors (Lipinski definition) is 0. The summed E-state index contributed by atoms with van der Waals surface area (Å²) in [5, 5.41) is 8.20. The van der Waals surface area contributed by atoms with Crippen LogP contribution in [0.4, 0.5) is 0 Å². The van der Waals surface area contributed by atoms with Crippen LogP contribution in [-0.2, 0) is 4.79 Å². The molecule has 0 aromatic carbocycles. The van der Waals surface area contributed by atoms with Crippen molar-refractivity contribution in [2.45, 2.75) is 25.7 Å². The molecule has 1 saturated carbocycles. The maximum atomic E-state index is 10.7. The van der Waals surface area contributed by atoms with Crippen LogP contribution in [0.1, 0.15) is 25.7 Å². The Kier molecular flexibility index (Phi) is 1.84. The van der Waals surface area contributed by atoms with Crippen LogP contribution in [-0.4, -0.2) is 5.78 Å². The molecule has 1 aliphatic rings. The highest BCUT2D eigenvalue weighted by Crippen LogP contribution is 2.24. The molecule has 0 heterocycles. The second-order valence-electron chi connectivity index (χ2n) is 2.46. The molecule has 1 aliphatic carbocycles. The van der Waals surface area contributed by atoms with E-state index < -0.39 is 0 Å². The van der Waals surface area contributed by atoms with Gasteiger partial charge in [-0.05, 0) is 12.8 Å². The zero-order chi connectivity index (χ0) is 6.69. The fourth-order valence-electron chi connectivity index (χ4n) is 1.28. The van der Waals surface area contributed by atoms with Gasteiger partial charge in [0, 0.05) is 5.92 Å². The molecular weight excluding hydrogens is 114 g/mol. The number of ketones is 1. The maximum absolute atomic E-state index is 10.7. The molecule has 1 fully saturated rings. The Bertz CT molecular complexity index is 151. The smallest absolute Gasteiger partial charge is 0.234 e. The monoisotopic (exact) mass is 123 g/mol. The molecule has 2 heteroatoms. The average molecular weight is 123 g/mol. The van der Waals surface area contributed by atoms with Crippen molar-refractivity contribution in [3.05, 3.63) is 0 Å². The van der Waals surface area contributed by atoms with E-state index in [9.17, 15) is 4.79 Å². The van der Waals surface area contributed by atoms with Crippen molar-refractivity contribution in [3.8, 4) is 6.07 Å². The topological polar surface area (TPSA) is 40.9 Å². The number of hydrogen-bond acceptors (Lipinski definition) is 2. The molecule has 0 bridgehead atoms.